The molecular formula is C20H30ClN3O3. The second-order valence-corrected chi connectivity index (χ2v) is 7.39. The Morgan fingerprint density at radius 1 is 1.22 bits per heavy atom. The van der Waals surface area contributed by atoms with Crippen molar-refractivity contribution in [3.8, 4) is 0 Å². The number of nitrogens with one attached hydrogen (secondary N) is 1. The Hall–Kier alpha value is -1.63. The quantitative estimate of drug-likeness (QED) is 0.695. The SMILES string of the molecule is CC1CC1C(=O)Nc1ccc(C(=O)N2CCC(OCCCN)CC2)cc1.Cl. The summed E-state index contributed by atoms with van der Waals surface area (Å²) in [6, 6.07) is 7.19. The van der Waals surface area contributed by atoms with E-state index in [1.807, 2.05) is 4.90 Å². The van der Waals surface area contributed by atoms with Crippen molar-refractivity contribution in [2.45, 2.75) is 38.7 Å². The summed E-state index contributed by atoms with van der Waals surface area (Å²) in [4.78, 5) is 26.5. The Kier molecular flexibility index (Phi) is 8.07. The minimum absolute atomic E-state index is 0. The van der Waals surface area contributed by atoms with Crippen molar-refractivity contribution in [2.75, 3.05) is 31.6 Å². The third-order valence-electron chi connectivity index (χ3n) is 5.28. The first-order valence-corrected chi connectivity index (χ1v) is 9.60. The number of amides is 2. The van der Waals surface area contributed by atoms with Crippen LogP contribution in [0.25, 0.3) is 0 Å². The number of likely N-dealkylation sites (tertiary alicyclic amines) is 1. The number of piperidine rings is 1. The molecule has 3 N–H and O–H groups in total. The second-order valence-electron chi connectivity index (χ2n) is 7.39. The van der Waals surface area contributed by atoms with Crippen molar-refractivity contribution in [3.63, 3.8) is 0 Å². The van der Waals surface area contributed by atoms with Crippen molar-refractivity contribution in [1.29, 1.82) is 0 Å². The number of hydrogen-bond acceptors (Lipinski definition) is 4. The smallest absolute Gasteiger partial charge is 0.253 e. The molecule has 3 rings (SSSR count). The monoisotopic (exact) mass is 395 g/mol. The molecule has 2 aliphatic rings. The molecular weight excluding hydrogens is 366 g/mol. The van der Waals surface area contributed by atoms with Gasteiger partial charge in [-0.1, -0.05) is 6.92 Å². The van der Waals surface area contributed by atoms with E-state index in [1.165, 1.54) is 0 Å². The number of carbonyl (C=O) groups excluding carboxylic acids is 2. The molecule has 1 aliphatic carbocycles. The van der Waals surface area contributed by atoms with Gasteiger partial charge in [0.1, 0.15) is 0 Å². The maximum absolute atomic E-state index is 12.6. The average molecular weight is 396 g/mol. The predicted octanol–water partition coefficient (Wildman–Crippen LogP) is 2.67. The standard InChI is InChI=1S/C20H29N3O3.ClH/c1-14-13-18(14)19(24)22-16-5-3-15(4-6-16)20(25)23-10-7-17(8-11-23)26-12-2-9-21;/h3-6,14,17-18H,2,7-13,21H2,1H3,(H,22,24);1H. The first kappa shape index (κ1) is 21.7. The van der Waals surface area contributed by atoms with E-state index in [0.29, 0.717) is 37.7 Å². The maximum atomic E-state index is 12.6. The molecule has 2 fully saturated rings. The van der Waals surface area contributed by atoms with E-state index in [0.717, 1.165) is 31.4 Å². The summed E-state index contributed by atoms with van der Waals surface area (Å²) >= 11 is 0. The second kappa shape index (κ2) is 10.1. The minimum atomic E-state index is 0. The number of nitrogens with two attached hydrogens (primary N) is 1. The first-order valence-electron chi connectivity index (χ1n) is 9.60. The van der Waals surface area contributed by atoms with E-state index in [1.54, 1.807) is 24.3 Å². The zero-order valence-corrected chi connectivity index (χ0v) is 16.7. The molecule has 1 aromatic carbocycles. The zero-order valence-electron chi connectivity index (χ0n) is 15.9. The normalized spacial score (nSPS) is 22.1. The largest absolute Gasteiger partial charge is 0.378 e. The van der Waals surface area contributed by atoms with E-state index >= 15 is 0 Å². The number of benzene rings is 1. The molecule has 6 nitrogen and oxygen atoms in total. The zero-order chi connectivity index (χ0) is 18.5. The Balaban J connectivity index is 0.00000261. The summed E-state index contributed by atoms with van der Waals surface area (Å²) in [6.07, 6.45) is 3.80. The number of halogens is 1. The Morgan fingerprint density at radius 2 is 1.85 bits per heavy atom. The highest BCUT2D eigenvalue weighted by Gasteiger charge is 2.39. The van der Waals surface area contributed by atoms with E-state index in [9.17, 15) is 9.59 Å². The number of anilines is 1. The lowest BCUT2D eigenvalue weighted by Gasteiger charge is -2.32. The van der Waals surface area contributed by atoms with Gasteiger partial charge in [0, 0.05) is 36.9 Å². The molecule has 1 aliphatic heterocycles. The lowest BCUT2D eigenvalue weighted by molar-refractivity contribution is -0.117. The molecule has 2 amide bonds. The van der Waals surface area contributed by atoms with Crippen molar-refractivity contribution < 1.29 is 14.3 Å². The van der Waals surface area contributed by atoms with Crippen LogP contribution in [0.2, 0.25) is 0 Å². The highest BCUT2D eigenvalue weighted by Crippen LogP contribution is 2.38. The van der Waals surface area contributed by atoms with Crippen LogP contribution in [0, 0.1) is 11.8 Å². The van der Waals surface area contributed by atoms with Crippen LogP contribution in [0.4, 0.5) is 5.69 Å². The Labute approximate surface area is 167 Å². The number of hydrogen-bond donors (Lipinski definition) is 2. The number of nitrogens with zero attached hydrogens (tertiary/aromatic N) is 1. The van der Waals surface area contributed by atoms with Gasteiger partial charge in [-0.05, 0) is 62.4 Å². The molecule has 150 valence electrons. The van der Waals surface area contributed by atoms with Crippen LogP contribution < -0.4 is 11.1 Å². The predicted molar refractivity (Wildman–Crippen MR) is 108 cm³/mol. The fourth-order valence-electron chi connectivity index (χ4n) is 3.36. The van der Waals surface area contributed by atoms with Crippen LogP contribution in [-0.2, 0) is 9.53 Å². The third-order valence-corrected chi connectivity index (χ3v) is 5.28. The van der Waals surface area contributed by atoms with Gasteiger partial charge in [0.25, 0.3) is 5.91 Å². The molecule has 0 bridgehead atoms. The van der Waals surface area contributed by atoms with Gasteiger partial charge in [0.2, 0.25) is 5.91 Å². The fraction of sp³-hybridized carbons (Fsp3) is 0.600. The molecule has 0 spiro atoms. The average Bonchev–Trinajstić information content (AvgIpc) is 3.39. The molecule has 2 unspecified atom stereocenters. The van der Waals surface area contributed by atoms with Gasteiger partial charge in [-0.25, -0.2) is 0 Å². The topological polar surface area (TPSA) is 84.7 Å². The van der Waals surface area contributed by atoms with E-state index in [2.05, 4.69) is 12.2 Å². The van der Waals surface area contributed by atoms with Gasteiger partial charge in [0.15, 0.2) is 0 Å². The summed E-state index contributed by atoms with van der Waals surface area (Å²) in [6.45, 7) is 4.85. The van der Waals surface area contributed by atoms with Crippen LogP contribution in [0.1, 0.15) is 43.0 Å². The van der Waals surface area contributed by atoms with Crippen molar-refractivity contribution in [2.24, 2.45) is 17.6 Å². The summed E-state index contributed by atoms with van der Waals surface area (Å²) < 4.78 is 5.78. The van der Waals surface area contributed by atoms with Gasteiger partial charge in [0.05, 0.1) is 6.10 Å². The number of rotatable bonds is 7. The maximum Gasteiger partial charge on any atom is 0.253 e. The van der Waals surface area contributed by atoms with E-state index < -0.39 is 0 Å². The number of ether oxygens (including phenoxy) is 1. The molecule has 2 atom stereocenters. The van der Waals surface area contributed by atoms with Crippen molar-refractivity contribution >= 4 is 29.9 Å². The summed E-state index contributed by atoms with van der Waals surface area (Å²) in [5.74, 6) is 0.745. The van der Waals surface area contributed by atoms with Gasteiger partial charge in [-0.3, -0.25) is 9.59 Å². The van der Waals surface area contributed by atoms with Gasteiger partial charge >= 0.3 is 0 Å². The van der Waals surface area contributed by atoms with Crippen LogP contribution in [0.3, 0.4) is 0 Å². The van der Waals surface area contributed by atoms with E-state index in [4.69, 9.17) is 10.5 Å². The summed E-state index contributed by atoms with van der Waals surface area (Å²) in [5, 5.41) is 2.92. The summed E-state index contributed by atoms with van der Waals surface area (Å²) in [7, 11) is 0. The minimum Gasteiger partial charge on any atom is -0.378 e. The third kappa shape index (κ3) is 5.92. The van der Waals surface area contributed by atoms with Crippen molar-refractivity contribution in [3.05, 3.63) is 29.8 Å². The van der Waals surface area contributed by atoms with Crippen molar-refractivity contribution in [1.82, 2.24) is 4.90 Å². The van der Waals surface area contributed by atoms with Crippen LogP contribution in [0.15, 0.2) is 24.3 Å². The van der Waals surface area contributed by atoms with Gasteiger partial charge in [-0.2, -0.15) is 0 Å². The van der Waals surface area contributed by atoms with Crippen LogP contribution in [-0.4, -0.2) is 49.1 Å². The molecule has 0 aromatic heterocycles. The van der Waals surface area contributed by atoms with Crippen LogP contribution >= 0.6 is 12.4 Å². The lowest BCUT2D eigenvalue weighted by Crippen LogP contribution is -2.41. The van der Waals surface area contributed by atoms with E-state index in [-0.39, 0.29) is 36.2 Å². The highest BCUT2D eigenvalue weighted by molar-refractivity contribution is 5.97. The molecule has 27 heavy (non-hydrogen) atoms. The molecule has 1 heterocycles. The molecule has 7 heteroatoms. The first-order chi connectivity index (χ1) is 12.6. The molecule has 0 radical (unpaired) electrons. The fourth-order valence-corrected chi connectivity index (χ4v) is 3.36. The summed E-state index contributed by atoms with van der Waals surface area (Å²) in [5.41, 5.74) is 6.88. The molecule has 1 saturated carbocycles. The molecule has 1 aromatic rings. The highest BCUT2D eigenvalue weighted by atomic mass is 35.5. The molecule has 1 saturated heterocycles. The Bertz CT molecular complexity index is 630. The Morgan fingerprint density at radius 3 is 2.41 bits per heavy atom. The number of carbonyl (C=O) groups is 2. The lowest BCUT2D eigenvalue weighted by atomic mass is 10.1. The van der Waals surface area contributed by atoms with Crippen LogP contribution in [0.5, 0.6) is 0 Å². The van der Waals surface area contributed by atoms with Gasteiger partial charge < -0.3 is 20.7 Å². The van der Waals surface area contributed by atoms with Gasteiger partial charge in [-0.15, -0.1) is 12.4 Å².